The lowest BCUT2D eigenvalue weighted by atomic mass is 10.3. The van der Waals surface area contributed by atoms with E-state index >= 15 is 0 Å². The Hall–Kier alpha value is -0.920. The lowest BCUT2D eigenvalue weighted by Gasteiger charge is -1.76. The van der Waals surface area contributed by atoms with Gasteiger partial charge in [0.15, 0.2) is 0 Å². The number of allylic oxidation sites excluding steroid dienone is 2. The molecule has 0 aromatic carbocycles. The summed E-state index contributed by atoms with van der Waals surface area (Å²) in [6.45, 7) is 5.17. The van der Waals surface area contributed by atoms with Crippen molar-refractivity contribution in [1.82, 2.24) is 0 Å². The Labute approximate surface area is 42.5 Å². The van der Waals surface area contributed by atoms with E-state index in [2.05, 4.69) is 11.8 Å². The molecule has 0 saturated heterocycles. The summed E-state index contributed by atoms with van der Waals surface area (Å²) in [5.74, 6) is 0. The van der Waals surface area contributed by atoms with Crippen LogP contribution in [0.15, 0.2) is 29.6 Å². The van der Waals surface area contributed by atoms with Crippen molar-refractivity contribution in [2.45, 2.75) is 6.92 Å². The fourth-order valence-electron chi connectivity index (χ4n) is 0.136. The van der Waals surface area contributed by atoms with Crippen LogP contribution in [-0.4, -0.2) is 0 Å². The van der Waals surface area contributed by atoms with Crippen LogP contribution in [0.1, 0.15) is 6.92 Å². The van der Waals surface area contributed by atoms with E-state index in [4.69, 9.17) is 0 Å². The predicted octanol–water partition coefficient (Wildman–Crippen LogP) is 1.84. The molecule has 0 saturated carbocycles. The summed E-state index contributed by atoms with van der Waals surface area (Å²) in [6, 6.07) is 0. The molecule has 2 nitrogen and oxygen atoms in total. The second-order valence-corrected chi connectivity index (χ2v) is 1.18. The maximum absolute atomic E-state index is 9.40. The summed E-state index contributed by atoms with van der Waals surface area (Å²) in [7, 11) is 0. The first-order chi connectivity index (χ1) is 3.31. The molecule has 0 N–H and O–H groups in total. The second kappa shape index (κ2) is 3.28. The van der Waals surface area contributed by atoms with E-state index in [1.807, 2.05) is 0 Å². The number of nitrogens with zero attached hydrogens (tertiary/aromatic N) is 1. The zero-order chi connectivity index (χ0) is 5.70. The molecule has 0 rings (SSSR count). The van der Waals surface area contributed by atoms with Gasteiger partial charge in [-0.1, -0.05) is 12.7 Å². The molecule has 0 atom stereocenters. The first-order valence-electron chi connectivity index (χ1n) is 1.93. The van der Waals surface area contributed by atoms with Gasteiger partial charge in [-0.2, -0.15) is 0 Å². The average molecular weight is 97.1 g/mol. The van der Waals surface area contributed by atoms with Gasteiger partial charge in [-0.05, 0) is 17.7 Å². The summed E-state index contributed by atoms with van der Waals surface area (Å²) >= 11 is 0. The molecule has 38 valence electrons. The highest BCUT2D eigenvalue weighted by Gasteiger charge is 1.72. The van der Waals surface area contributed by atoms with E-state index in [0.717, 1.165) is 5.57 Å². The fourth-order valence-corrected chi connectivity index (χ4v) is 0.136. The quantitative estimate of drug-likeness (QED) is 0.382. The molecule has 0 heterocycles. The molecule has 0 unspecified atom stereocenters. The largest absolute Gasteiger partial charge is 0.145 e. The zero-order valence-corrected chi connectivity index (χ0v) is 4.22. The van der Waals surface area contributed by atoms with Crippen LogP contribution in [0.3, 0.4) is 0 Å². The normalized spacial score (nSPS) is 10.7. The van der Waals surface area contributed by atoms with E-state index in [1.165, 1.54) is 6.20 Å². The van der Waals surface area contributed by atoms with Gasteiger partial charge in [0, 0.05) is 0 Å². The summed E-state index contributed by atoms with van der Waals surface area (Å²) in [5.41, 5.74) is 0.787. The van der Waals surface area contributed by atoms with Crippen molar-refractivity contribution in [2.24, 2.45) is 5.18 Å². The first-order valence-corrected chi connectivity index (χ1v) is 1.93. The topological polar surface area (TPSA) is 29.4 Å². The van der Waals surface area contributed by atoms with Gasteiger partial charge < -0.3 is 0 Å². The Bertz CT molecular complexity index is 105. The first kappa shape index (κ1) is 6.08. The van der Waals surface area contributed by atoms with Gasteiger partial charge in [0.05, 0.1) is 6.20 Å². The molecule has 0 aliphatic heterocycles. The Morgan fingerprint density at radius 3 is 2.57 bits per heavy atom. The van der Waals surface area contributed by atoms with Crippen molar-refractivity contribution in [3.8, 4) is 0 Å². The highest BCUT2D eigenvalue weighted by atomic mass is 16.2. The van der Waals surface area contributed by atoms with Crippen LogP contribution >= 0.6 is 0 Å². The maximum atomic E-state index is 9.40. The van der Waals surface area contributed by atoms with Crippen LogP contribution < -0.4 is 0 Å². The standard InChI is InChI=1S/C5H7NO/c1-3-5(2)4-6-7/h3-4H,1H2,2H3/b5-4+. The molecule has 0 amide bonds. The third-order valence-corrected chi connectivity index (χ3v) is 0.578. The SMILES string of the molecule is C=C/C(C)=C/N=O. The molecule has 0 fully saturated rings. The fraction of sp³-hybridized carbons (Fsp3) is 0.200. The molecule has 0 aromatic heterocycles. The van der Waals surface area contributed by atoms with Crippen LogP contribution in [0.4, 0.5) is 0 Å². The van der Waals surface area contributed by atoms with Crippen molar-refractivity contribution >= 4 is 0 Å². The van der Waals surface area contributed by atoms with Crippen molar-refractivity contribution in [1.29, 1.82) is 0 Å². The van der Waals surface area contributed by atoms with Crippen LogP contribution in [0, 0.1) is 4.91 Å². The van der Waals surface area contributed by atoms with Crippen LogP contribution in [0.25, 0.3) is 0 Å². The monoisotopic (exact) mass is 97.1 g/mol. The number of hydrogen-bond donors (Lipinski definition) is 0. The zero-order valence-electron chi connectivity index (χ0n) is 4.22. The predicted molar refractivity (Wildman–Crippen MR) is 29.7 cm³/mol. The molecule has 7 heavy (non-hydrogen) atoms. The molecule has 0 aromatic rings. The van der Waals surface area contributed by atoms with E-state index in [9.17, 15) is 4.91 Å². The van der Waals surface area contributed by atoms with Gasteiger partial charge in [-0.3, -0.25) is 0 Å². The van der Waals surface area contributed by atoms with E-state index in [-0.39, 0.29) is 0 Å². The maximum Gasteiger partial charge on any atom is 0.0743 e. The molecule has 0 radical (unpaired) electrons. The molecule has 0 aliphatic rings. The number of nitroso groups, excluding NO2 is 1. The Morgan fingerprint density at radius 2 is 2.43 bits per heavy atom. The molecule has 0 spiro atoms. The summed E-state index contributed by atoms with van der Waals surface area (Å²) in [4.78, 5) is 9.40. The third-order valence-electron chi connectivity index (χ3n) is 0.578. The minimum atomic E-state index is 0.787. The Balaban J connectivity index is 3.72. The second-order valence-electron chi connectivity index (χ2n) is 1.18. The number of rotatable bonds is 2. The molecule has 0 bridgehead atoms. The average Bonchev–Trinajstić information content (AvgIpc) is 1.68. The third kappa shape index (κ3) is 2.89. The van der Waals surface area contributed by atoms with Gasteiger partial charge in [0.2, 0.25) is 0 Å². The van der Waals surface area contributed by atoms with Crippen LogP contribution in [0.2, 0.25) is 0 Å². The van der Waals surface area contributed by atoms with E-state index < -0.39 is 0 Å². The van der Waals surface area contributed by atoms with Crippen LogP contribution in [-0.2, 0) is 0 Å². The van der Waals surface area contributed by atoms with Crippen molar-refractivity contribution in [2.75, 3.05) is 0 Å². The van der Waals surface area contributed by atoms with Crippen LogP contribution in [0.5, 0.6) is 0 Å². The minimum Gasteiger partial charge on any atom is -0.145 e. The van der Waals surface area contributed by atoms with Gasteiger partial charge in [-0.15, -0.1) is 4.91 Å². The van der Waals surface area contributed by atoms with Crippen molar-refractivity contribution in [3.05, 3.63) is 29.3 Å². The molecular formula is C5H7NO. The summed E-state index contributed by atoms with van der Waals surface area (Å²) < 4.78 is 0. The van der Waals surface area contributed by atoms with E-state index in [1.54, 1.807) is 13.0 Å². The Morgan fingerprint density at radius 1 is 1.86 bits per heavy atom. The van der Waals surface area contributed by atoms with Crippen molar-refractivity contribution in [3.63, 3.8) is 0 Å². The molecule has 2 heteroatoms. The van der Waals surface area contributed by atoms with Gasteiger partial charge in [0.25, 0.3) is 0 Å². The lowest BCUT2D eigenvalue weighted by Crippen LogP contribution is -1.58. The summed E-state index contributed by atoms with van der Waals surface area (Å²) in [5, 5.41) is 2.52. The van der Waals surface area contributed by atoms with Gasteiger partial charge in [0.1, 0.15) is 0 Å². The van der Waals surface area contributed by atoms with Gasteiger partial charge in [-0.25, -0.2) is 0 Å². The Kier molecular flexibility index (Phi) is 2.85. The highest BCUT2D eigenvalue weighted by Crippen LogP contribution is 1.90. The van der Waals surface area contributed by atoms with E-state index in [0.29, 0.717) is 0 Å². The number of hydrogen-bond acceptors (Lipinski definition) is 2. The lowest BCUT2D eigenvalue weighted by molar-refractivity contribution is 1.42. The van der Waals surface area contributed by atoms with Gasteiger partial charge >= 0.3 is 0 Å². The van der Waals surface area contributed by atoms with Crippen molar-refractivity contribution < 1.29 is 0 Å². The highest BCUT2D eigenvalue weighted by molar-refractivity contribution is 5.11. The minimum absolute atomic E-state index is 0.787. The molecule has 0 aliphatic carbocycles. The smallest absolute Gasteiger partial charge is 0.0743 e. The summed E-state index contributed by atoms with van der Waals surface area (Å²) in [6.07, 6.45) is 2.79. The molecular weight excluding hydrogens is 90.1 g/mol.